The Morgan fingerprint density at radius 3 is 2.71 bits per heavy atom. The van der Waals surface area contributed by atoms with Gasteiger partial charge >= 0.3 is 6.36 Å². The zero-order chi connectivity index (χ0) is 17.3. The van der Waals surface area contributed by atoms with Gasteiger partial charge in [0.05, 0.1) is 5.35 Å². The molecule has 1 aliphatic rings. The molecule has 24 heavy (non-hydrogen) atoms. The van der Waals surface area contributed by atoms with E-state index in [0.717, 1.165) is 23.4 Å². The first kappa shape index (κ1) is 16.6. The largest absolute Gasteiger partial charge is 0.573 e. The van der Waals surface area contributed by atoms with Crippen molar-refractivity contribution in [2.45, 2.75) is 26.1 Å². The molecule has 2 aromatic rings. The molecule has 0 aliphatic heterocycles. The van der Waals surface area contributed by atoms with Crippen molar-refractivity contribution in [2.75, 3.05) is 5.32 Å². The summed E-state index contributed by atoms with van der Waals surface area (Å²) in [6, 6.07) is 7.83. The summed E-state index contributed by atoms with van der Waals surface area (Å²) >= 11 is 6.22. The topological polar surface area (TPSA) is 34.1 Å². The first-order valence-electron chi connectivity index (χ1n) is 7.31. The van der Waals surface area contributed by atoms with Crippen molar-refractivity contribution < 1.29 is 17.9 Å². The molecular formula is C17H14ClF3N2O. The number of aromatic nitrogens is 1. The number of alkyl halides is 3. The summed E-state index contributed by atoms with van der Waals surface area (Å²) in [5, 5.41) is 5.54. The maximum Gasteiger partial charge on any atom is 0.573 e. The molecule has 1 heterocycles. The number of benzene rings is 1. The van der Waals surface area contributed by atoms with Gasteiger partial charge in [0.1, 0.15) is 11.6 Å². The molecule has 0 atom stereocenters. The van der Waals surface area contributed by atoms with Crippen LogP contribution in [0.4, 0.5) is 24.7 Å². The van der Waals surface area contributed by atoms with Crippen molar-refractivity contribution in [3.05, 3.63) is 46.5 Å². The summed E-state index contributed by atoms with van der Waals surface area (Å²) < 4.78 is 40.7. The molecule has 1 aromatic heterocycles. The van der Waals surface area contributed by atoms with E-state index in [1.54, 1.807) is 6.92 Å². The average Bonchev–Trinajstić information content (AvgIpc) is 2.49. The van der Waals surface area contributed by atoms with Gasteiger partial charge in [0, 0.05) is 10.7 Å². The standard InChI is InChI=1S/C17H14ClF3N2O/c1-10-9-12(24-17(19,20)21)6-7-14(10)22-15-8-5-11-3-2-4-13(18)16(11)23-15/h3,5-9H,2,4H2,1H3,(H,22,23). The highest BCUT2D eigenvalue weighted by Crippen LogP contribution is 2.27. The molecule has 0 radical (unpaired) electrons. The Hall–Kier alpha value is -2.21. The van der Waals surface area contributed by atoms with Gasteiger partial charge in [0.2, 0.25) is 0 Å². The van der Waals surface area contributed by atoms with E-state index in [1.807, 2.05) is 12.1 Å². The van der Waals surface area contributed by atoms with Crippen LogP contribution in [0.2, 0.25) is 0 Å². The number of pyridine rings is 1. The van der Waals surface area contributed by atoms with E-state index in [4.69, 9.17) is 11.6 Å². The number of nitrogens with one attached hydrogen (secondary N) is 1. The normalized spacial score (nSPS) is 14.0. The SMILES string of the molecule is Cc1cc(OC(F)(F)F)ccc1Nc1ccc2c(n1)=C(Cl)CCC=2. The third-order valence-corrected chi connectivity index (χ3v) is 3.97. The van der Waals surface area contributed by atoms with E-state index in [0.29, 0.717) is 22.1 Å². The number of halogens is 4. The van der Waals surface area contributed by atoms with Crippen LogP contribution in [-0.2, 0) is 0 Å². The second kappa shape index (κ2) is 6.36. The first-order valence-corrected chi connectivity index (χ1v) is 7.69. The summed E-state index contributed by atoms with van der Waals surface area (Å²) in [5.74, 6) is 0.324. The fraction of sp³-hybridized carbons (Fsp3) is 0.235. The number of hydrogen-bond donors (Lipinski definition) is 1. The molecule has 1 aromatic carbocycles. The smallest absolute Gasteiger partial charge is 0.406 e. The van der Waals surface area contributed by atoms with Crippen molar-refractivity contribution in [1.29, 1.82) is 0 Å². The fourth-order valence-electron chi connectivity index (χ4n) is 2.51. The van der Waals surface area contributed by atoms with Gasteiger partial charge in [0.15, 0.2) is 0 Å². The molecule has 0 bridgehead atoms. The Labute approximate surface area is 141 Å². The molecule has 0 saturated heterocycles. The van der Waals surface area contributed by atoms with Crippen LogP contribution in [0.3, 0.4) is 0 Å². The predicted octanol–water partition coefficient (Wildman–Crippen LogP) is 3.95. The second-order valence-corrected chi connectivity index (χ2v) is 5.89. The lowest BCUT2D eigenvalue weighted by atomic mass is 10.1. The van der Waals surface area contributed by atoms with Gasteiger partial charge in [-0.15, -0.1) is 13.2 Å². The van der Waals surface area contributed by atoms with Crippen LogP contribution in [0.5, 0.6) is 5.75 Å². The molecule has 0 saturated carbocycles. The molecule has 7 heteroatoms. The summed E-state index contributed by atoms with van der Waals surface area (Å²) in [4.78, 5) is 4.49. The van der Waals surface area contributed by atoms with E-state index in [-0.39, 0.29) is 5.75 Å². The lowest BCUT2D eigenvalue weighted by molar-refractivity contribution is -0.274. The van der Waals surface area contributed by atoms with Gasteiger partial charge in [-0.2, -0.15) is 0 Å². The predicted molar refractivity (Wildman–Crippen MR) is 87.6 cm³/mol. The Balaban J connectivity index is 1.87. The minimum Gasteiger partial charge on any atom is -0.406 e. The monoisotopic (exact) mass is 354 g/mol. The van der Waals surface area contributed by atoms with E-state index in [2.05, 4.69) is 21.1 Å². The Morgan fingerprint density at radius 1 is 1.21 bits per heavy atom. The molecule has 1 aliphatic carbocycles. The third-order valence-electron chi connectivity index (χ3n) is 3.61. The summed E-state index contributed by atoms with van der Waals surface area (Å²) in [6.07, 6.45) is -0.982. The van der Waals surface area contributed by atoms with Crippen LogP contribution < -0.4 is 20.6 Å². The number of anilines is 2. The van der Waals surface area contributed by atoms with E-state index < -0.39 is 6.36 Å². The van der Waals surface area contributed by atoms with Crippen LogP contribution in [0.1, 0.15) is 18.4 Å². The highest BCUT2D eigenvalue weighted by atomic mass is 35.5. The van der Waals surface area contributed by atoms with Crippen molar-refractivity contribution >= 4 is 34.2 Å². The number of nitrogens with zero attached hydrogens (tertiary/aromatic N) is 1. The summed E-state index contributed by atoms with van der Waals surface area (Å²) in [7, 11) is 0. The molecule has 3 nitrogen and oxygen atoms in total. The molecule has 126 valence electrons. The lowest BCUT2D eigenvalue weighted by Crippen LogP contribution is -2.32. The Morgan fingerprint density at radius 2 is 2.00 bits per heavy atom. The van der Waals surface area contributed by atoms with E-state index in [1.165, 1.54) is 18.2 Å². The van der Waals surface area contributed by atoms with Gasteiger partial charge in [0.25, 0.3) is 0 Å². The number of hydrogen-bond acceptors (Lipinski definition) is 3. The van der Waals surface area contributed by atoms with Gasteiger partial charge < -0.3 is 10.1 Å². The average molecular weight is 355 g/mol. The second-order valence-electron chi connectivity index (χ2n) is 5.43. The van der Waals surface area contributed by atoms with Gasteiger partial charge in [-0.25, -0.2) is 4.98 Å². The molecule has 0 fully saturated rings. The molecule has 0 unspecified atom stereocenters. The van der Waals surface area contributed by atoms with Crippen LogP contribution in [0.15, 0.2) is 30.3 Å². The minimum atomic E-state index is -4.70. The Kier molecular flexibility index (Phi) is 4.41. The van der Waals surface area contributed by atoms with Gasteiger partial charge in [-0.05, 0) is 60.9 Å². The van der Waals surface area contributed by atoms with E-state index in [9.17, 15) is 13.2 Å². The Bertz CT molecular complexity index is 894. The van der Waals surface area contributed by atoms with Gasteiger partial charge in [-0.3, -0.25) is 0 Å². The van der Waals surface area contributed by atoms with Crippen molar-refractivity contribution in [3.63, 3.8) is 0 Å². The van der Waals surface area contributed by atoms with Crippen molar-refractivity contribution in [2.24, 2.45) is 0 Å². The van der Waals surface area contributed by atoms with E-state index >= 15 is 0 Å². The highest BCUT2D eigenvalue weighted by molar-refractivity contribution is 6.45. The number of rotatable bonds is 3. The number of ether oxygens (including phenoxy) is 1. The molecule has 3 rings (SSSR count). The van der Waals surface area contributed by atoms with Crippen LogP contribution >= 0.6 is 11.6 Å². The maximum atomic E-state index is 12.3. The molecule has 0 amide bonds. The van der Waals surface area contributed by atoms with Crippen molar-refractivity contribution in [1.82, 2.24) is 4.98 Å². The highest BCUT2D eigenvalue weighted by Gasteiger charge is 2.31. The van der Waals surface area contributed by atoms with Crippen LogP contribution in [0.25, 0.3) is 11.1 Å². The van der Waals surface area contributed by atoms with Crippen molar-refractivity contribution in [3.8, 4) is 5.75 Å². The molecule has 1 N–H and O–H groups in total. The third kappa shape index (κ3) is 3.82. The minimum absolute atomic E-state index is 0.255. The molecular weight excluding hydrogens is 341 g/mol. The maximum absolute atomic E-state index is 12.3. The first-order chi connectivity index (χ1) is 11.3. The summed E-state index contributed by atoms with van der Waals surface area (Å²) in [5.41, 5.74) is 1.26. The van der Waals surface area contributed by atoms with Crippen LogP contribution in [0, 0.1) is 6.92 Å². The fourth-order valence-corrected chi connectivity index (χ4v) is 2.77. The molecule has 0 spiro atoms. The number of aryl methyl sites for hydroxylation is 1. The van der Waals surface area contributed by atoms with Gasteiger partial charge in [-0.1, -0.05) is 17.7 Å². The quantitative estimate of drug-likeness (QED) is 0.906. The lowest BCUT2D eigenvalue weighted by Gasteiger charge is -2.13. The van der Waals surface area contributed by atoms with Crippen LogP contribution in [-0.4, -0.2) is 11.3 Å². The number of fused-ring (bicyclic) bond motifs is 1. The zero-order valence-electron chi connectivity index (χ0n) is 12.7. The summed E-state index contributed by atoms with van der Waals surface area (Å²) in [6.45, 7) is 1.69. The zero-order valence-corrected chi connectivity index (χ0v) is 13.5.